The van der Waals surface area contributed by atoms with E-state index >= 15 is 0 Å². The van der Waals surface area contributed by atoms with Crippen LogP contribution < -0.4 is 5.32 Å². The van der Waals surface area contributed by atoms with Crippen molar-refractivity contribution >= 4 is 11.7 Å². The molecule has 2 rings (SSSR count). The van der Waals surface area contributed by atoms with Crippen molar-refractivity contribution in [1.82, 2.24) is 9.88 Å². The van der Waals surface area contributed by atoms with Crippen molar-refractivity contribution in [3.63, 3.8) is 0 Å². The monoisotopic (exact) mass is 344 g/mol. The minimum absolute atomic E-state index is 0.0168. The summed E-state index contributed by atoms with van der Waals surface area (Å²) < 4.78 is 15.2. The fourth-order valence-electron chi connectivity index (χ4n) is 2.81. The van der Waals surface area contributed by atoms with Crippen LogP contribution in [-0.4, -0.2) is 22.3 Å². The Labute approximate surface area is 148 Å². The molecule has 0 saturated heterocycles. The van der Waals surface area contributed by atoms with Crippen LogP contribution in [0.25, 0.3) is 11.3 Å². The number of halogens is 1. The van der Waals surface area contributed by atoms with Crippen LogP contribution in [0.2, 0.25) is 0 Å². The van der Waals surface area contributed by atoms with Gasteiger partial charge in [-0.25, -0.2) is 4.39 Å². The number of benzene rings is 1. The molecule has 0 saturated carbocycles. The van der Waals surface area contributed by atoms with Gasteiger partial charge in [-0.15, -0.1) is 0 Å². The maximum Gasteiger partial charge on any atom is 0.221 e. The summed E-state index contributed by atoms with van der Waals surface area (Å²) in [5.74, 6) is -0.348. The van der Waals surface area contributed by atoms with Gasteiger partial charge in [-0.2, -0.15) is 0 Å². The third kappa shape index (κ3) is 4.56. The first kappa shape index (κ1) is 18.9. The zero-order chi connectivity index (χ0) is 18.6. The molecule has 1 amide bonds. The molecule has 1 N–H and O–H groups in total. The molecule has 0 aliphatic rings. The molecule has 1 aromatic heterocycles. The highest BCUT2D eigenvalue weighted by molar-refractivity contribution is 5.96. The highest BCUT2D eigenvalue weighted by atomic mass is 19.1. The average Bonchev–Trinajstić information content (AvgIpc) is 2.90. The van der Waals surface area contributed by atoms with E-state index in [2.05, 4.69) is 5.32 Å². The molecular weight excluding hydrogens is 319 g/mol. The lowest BCUT2D eigenvalue weighted by atomic mass is 10.1. The number of ketones is 1. The zero-order valence-corrected chi connectivity index (χ0v) is 15.2. The molecule has 0 unspecified atom stereocenters. The summed E-state index contributed by atoms with van der Waals surface area (Å²) in [4.78, 5) is 24.0. The maximum absolute atomic E-state index is 13.2. The van der Waals surface area contributed by atoms with Crippen LogP contribution in [0.5, 0.6) is 0 Å². The van der Waals surface area contributed by atoms with E-state index in [1.807, 2.05) is 31.4 Å². The van der Waals surface area contributed by atoms with Crippen LogP contribution >= 0.6 is 0 Å². The van der Waals surface area contributed by atoms with Gasteiger partial charge in [0.2, 0.25) is 5.91 Å². The Bertz CT molecular complexity index is 763. The smallest absolute Gasteiger partial charge is 0.221 e. The molecule has 0 fully saturated rings. The molecule has 25 heavy (non-hydrogen) atoms. The van der Waals surface area contributed by atoms with E-state index in [4.69, 9.17) is 0 Å². The Morgan fingerprint density at radius 1 is 1.24 bits per heavy atom. The SMILES string of the molecule is CC[C@@H](C)NC(=O)CCn1c(-c2ccc(F)cc2)cc(C(C)=O)c1C. The summed E-state index contributed by atoms with van der Waals surface area (Å²) in [5, 5.41) is 2.95. The van der Waals surface area contributed by atoms with Gasteiger partial charge in [0.15, 0.2) is 5.78 Å². The van der Waals surface area contributed by atoms with Crippen LogP contribution in [0, 0.1) is 12.7 Å². The number of nitrogens with one attached hydrogen (secondary N) is 1. The van der Waals surface area contributed by atoms with Crippen LogP contribution in [0.15, 0.2) is 30.3 Å². The van der Waals surface area contributed by atoms with E-state index in [9.17, 15) is 14.0 Å². The predicted octanol–water partition coefficient (Wildman–Crippen LogP) is 4.11. The van der Waals surface area contributed by atoms with Crippen LogP contribution in [0.3, 0.4) is 0 Å². The minimum Gasteiger partial charge on any atom is -0.354 e. The van der Waals surface area contributed by atoms with Gasteiger partial charge in [-0.3, -0.25) is 9.59 Å². The highest BCUT2D eigenvalue weighted by Gasteiger charge is 2.17. The van der Waals surface area contributed by atoms with Crippen molar-refractivity contribution in [2.75, 3.05) is 0 Å². The lowest BCUT2D eigenvalue weighted by Crippen LogP contribution is -2.32. The number of hydrogen-bond donors (Lipinski definition) is 1. The second-order valence-electron chi connectivity index (χ2n) is 6.37. The van der Waals surface area contributed by atoms with Gasteiger partial charge in [0, 0.05) is 36.0 Å². The Morgan fingerprint density at radius 2 is 1.88 bits per heavy atom. The summed E-state index contributed by atoms with van der Waals surface area (Å²) in [6.07, 6.45) is 1.20. The van der Waals surface area contributed by atoms with Crippen molar-refractivity contribution < 1.29 is 14.0 Å². The van der Waals surface area contributed by atoms with Gasteiger partial charge in [-0.1, -0.05) is 6.92 Å². The van der Waals surface area contributed by atoms with Gasteiger partial charge in [0.05, 0.1) is 0 Å². The summed E-state index contributed by atoms with van der Waals surface area (Å²) in [7, 11) is 0. The van der Waals surface area contributed by atoms with Gasteiger partial charge in [0.25, 0.3) is 0 Å². The van der Waals surface area contributed by atoms with Crippen molar-refractivity contribution in [3.05, 3.63) is 47.4 Å². The molecule has 0 bridgehead atoms. The first-order valence-electron chi connectivity index (χ1n) is 8.59. The summed E-state index contributed by atoms with van der Waals surface area (Å²) in [6, 6.07) is 8.11. The zero-order valence-electron chi connectivity index (χ0n) is 15.2. The molecule has 1 aromatic carbocycles. The first-order chi connectivity index (χ1) is 11.8. The number of hydrogen-bond acceptors (Lipinski definition) is 2. The summed E-state index contributed by atoms with van der Waals surface area (Å²) >= 11 is 0. The molecule has 1 heterocycles. The van der Waals surface area contributed by atoms with Gasteiger partial charge in [0.1, 0.15) is 5.82 Å². The van der Waals surface area contributed by atoms with Crippen LogP contribution in [-0.2, 0) is 11.3 Å². The molecule has 0 spiro atoms. The largest absolute Gasteiger partial charge is 0.354 e. The molecule has 2 aromatic rings. The molecule has 5 heteroatoms. The van der Waals surface area contributed by atoms with Crippen molar-refractivity contribution in [2.45, 2.75) is 53.1 Å². The van der Waals surface area contributed by atoms with Crippen molar-refractivity contribution in [3.8, 4) is 11.3 Å². The Kier molecular flexibility index (Phi) is 6.12. The van der Waals surface area contributed by atoms with Gasteiger partial charge < -0.3 is 9.88 Å². The quantitative estimate of drug-likeness (QED) is 0.769. The molecule has 0 aliphatic carbocycles. The van der Waals surface area contributed by atoms with Gasteiger partial charge >= 0.3 is 0 Å². The second-order valence-corrected chi connectivity index (χ2v) is 6.37. The van der Waals surface area contributed by atoms with Crippen LogP contribution in [0.4, 0.5) is 4.39 Å². The predicted molar refractivity (Wildman–Crippen MR) is 97.1 cm³/mol. The topological polar surface area (TPSA) is 51.1 Å². The number of Topliss-reactive ketones (excluding diaryl/α,β-unsaturated/α-hetero) is 1. The summed E-state index contributed by atoms with van der Waals surface area (Å²) in [6.45, 7) is 7.85. The number of rotatable bonds is 7. The molecule has 4 nitrogen and oxygen atoms in total. The number of carbonyl (C=O) groups excluding carboxylic acids is 2. The highest BCUT2D eigenvalue weighted by Crippen LogP contribution is 2.27. The van der Waals surface area contributed by atoms with E-state index in [1.54, 1.807) is 12.1 Å². The Hall–Kier alpha value is -2.43. The fourth-order valence-corrected chi connectivity index (χ4v) is 2.81. The lowest BCUT2D eigenvalue weighted by molar-refractivity contribution is -0.121. The minimum atomic E-state index is -0.307. The van der Waals surface area contributed by atoms with Crippen LogP contribution in [0.1, 0.15) is 49.7 Å². The standard InChI is InChI=1S/C20H25FN2O2/c1-5-13(2)22-20(25)10-11-23-14(3)18(15(4)24)12-19(23)16-6-8-17(21)9-7-16/h6-9,12-13H,5,10-11H2,1-4H3,(H,22,25)/t13-/m1/s1. The van der Waals surface area contributed by atoms with Crippen molar-refractivity contribution in [1.29, 1.82) is 0 Å². The third-order valence-corrected chi connectivity index (χ3v) is 4.47. The first-order valence-corrected chi connectivity index (χ1v) is 8.59. The molecular formula is C20H25FN2O2. The number of nitrogens with zero attached hydrogens (tertiary/aromatic N) is 1. The van der Waals surface area contributed by atoms with Crippen molar-refractivity contribution in [2.24, 2.45) is 0 Å². The molecule has 0 radical (unpaired) electrons. The van der Waals surface area contributed by atoms with E-state index < -0.39 is 0 Å². The fraction of sp³-hybridized carbons (Fsp3) is 0.400. The summed E-state index contributed by atoms with van der Waals surface area (Å²) in [5.41, 5.74) is 3.09. The Morgan fingerprint density at radius 3 is 2.44 bits per heavy atom. The normalized spacial score (nSPS) is 12.0. The molecule has 1 atom stereocenters. The average molecular weight is 344 g/mol. The number of carbonyl (C=O) groups is 2. The van der Waals surface area contributed by atoms with E-state index in [1.165, 1.54) is 19.1 Å². The molecule has 0 aliphatic heterocycles. The number of aromatic nitrogens is 1. The van der Waals surface area contributed by atoms with E-state index in [0.29, 0.717) is 18.5 Å². The van der Waals surface area contributed by atoms with E-state index in [-0.39, 0.29) is 23.5 Å². The second kappa shape index (κ2) is 8.10. The third-order valence-electron chi connectivity index (χ3n) is 4.47. The lowest BCUT2D eigenvalue weighted by Gasteiger charge is -2.14. The maximum atomic E-state index is 13.2. The number of amides is 1. The molecule has 134 valence electrons. The van der Waals surface area contributed by atoms with Gasteiger partial charge in [-0.05, 0) is 63.1 Å². The Balaban J connectivity index is 2.30. The van der Waals surface area contributed by atoms with E-state index in [0.717, 1.165) is 23.4 Å².